The summed E-state index contributed by atoms with van der Waals surface area (Å²) in [7, 11) is 2.18. The van der Waals surface area contributed by atoms with Gasteiger partial charge in [0, 0.05) is 22.5 Å². The Balaban J connectivity index is 1.46. The molecule has 2 aromatic heterocycles. The van der Waals surface area contributed by atoms with Crippen molar-refractivity contribution >= 4 is 32.6 Å². The smallest absolute Gasteiger partial charge is 0.220 e. The summed E-state index contributed by atoms with van der Waals surface area (Å²) in [6.45, 7) is 9.43. The van der Waals surface area contributed by atoms with Gasteiger partial charge in [-0.25, -0.2) is 4.57 Å². The van der Waals surface area contributed by atoms with E-state index in [1.54, 1.807) is 5.56 Å². The van der Waals surface area contributed by atoms with Gasteiger partial charge < -0.3 is 4.57 Å². The molecule has 1 aliphatic carbocycles. The molecule has 0 amide bonds. The summed E-state index contributed by atoms with van der Waals surface area (Å²) in [5, 5.41) is 5.16. The third-order valence-electron chi connectivity index (χ3n) is 8.66. The van der Waals surface area contributed by atoms with E-state index in [2.05, 4.69) is 129 Å². The van der Waals surface area contributed by atoms with Crippen molar-refractivity contribution in [1.82, 2.24) is 4.57 Å². The molecule has 2 heteroatoms. The van der Waals surface area contributed by atoms with Crippen LogP contribution in [0.2, 0.25) is 0 Å². The van der Waals surface area contributed by atoms with Crippen molar-refractivity contribution in [3.63, 3.8) is 0 Å². The largest absolute Gasteiger partial charge is 0.309 e. The minimum Gasteiger partial charge on any atom is -0.309 e. The van der Waals surface area contributed by atoms with Crippen LogP contribution >= 0.6 is 0 Å². The molecule has 0 N–H and O–H groups in total. The molecule has 0 saturated carbocycles. The van der Waals surface area contributed by atoms with Crippen molar-refractivity contribution in [2.75, 3.05) is 0 Å². The molecule has 1 aliphatic rings. The van der Waals surface area contributed by atoms with Crippen LogP contribution in [0.25, 0.3) is 49.5 Å². The molecule has 2 heterocycles. The Morgan fingerprint density at radius 2 is 1.41 bits per heavy atom. The molecule has 7 rings (SSSR count). The van der Waals surface area contributed by atoms with E-state index in [9.17, 15) is 0 Å². The second-order valence-electron chi connectivity index (χ2n) is 11.7. The van der Waals surface area contributed by atoms with Crippen molar-refractivity contribution in [1.29, 1.82) is 0 Å². The second kappa shape index (κ2) is 7.79. The Labute approximate surface area is 218 Å². The van der Waals surface area contributed by atoms with Crippen molar-refractivity contribution in [2.45, 2.75) is 40.5 Å². The first kappa shape index (κ1) is 22.3. The van der Waals surface area contributed by atoms with Crippen LogP contribution in [-0.4, -0.2) is 4.57 Å². The van der Waals surface area contributed by atoms with Crippen LogP contribution in [-0.2, 0) is 19.9 Å². The predicted octanol–water partition coefficient (Wildman–Crippen LogP) is 8.17. The summed E-state index contributed by atoms with van der Waals surface area (Å²) in [5.41, 5.74) is 12.7. The van der Waals surface area contributed by atoms with Gasteiger partial charge in [-0.1, -0.05) is 50.2 Å². The number of pyridine rings is 1. The maximum atomic E-state index is 2.49. The lowest BCUT2D eigenvalue weighted by molar-refractivity contribution is -0.659. The highest BCUT2D eigenvalue weighted by molar-refractivity contribution is 6.09. The van der Waals surface area contributed by atoms with Crippen LogP contribution in [0.4, 0.5) is 0 Å². The number of hydrogen-bond donors (Lipinski definition) is 0. The number of benzene rings is 4. The number of aromatic nitrogens is 2. The normalized spacial score (nSPS) is 14.6. The molecule has 37 heavy (non-hydrogen) atoms. The fourth-order valence-electron chi connectivity index (χ4n) is 6.78. The first-order valence-electron chi connectivity index (χ1n) is 13.4. The molecule has 4 aromatic carbocycles. The van der Waals surface area contributed by atoms with E-state index in [4.69, 9.17) is 0 Å². The first-order chi connectivity index (χ1) is 17.8. The lowest BCUT2D eigenvalue weighted by Gasteiger charge is -2.15. The van der Waals surface area contributed by atoms with Gasteiger partial charge in [-0.15, -0.1) is 0 Å². The number of aryl methyl sites for hydroxylation is 1. The lowest BCUT2D eigenvalue weighted by atomic mass is 9.89. The van der Waals surface area contributed by atoms with Gasteiger partial charge in [0.05, 0.1) is 22.0 Å². The first-order valence-corrected chi connectivity index (χ1v) is 13.4. The van der Waals surface area contributed by atoms with Crippen LogP contribution in [0.15, 0.2) is 85.1 Å². The van der Waals surface area contributed by atoms with Gasteiger partial charge in [-0.05, 0) is 96.1 Å². The SMILES string of the molecule is Cc1c(-c2c3ccc(-n4c5ccccc5c5ccccc54)cc3cc[n+]2C)cc2c(c1C)CC(C)(C)C2. The lowest BCUT2D eigenvalue weighted by Crippen LogP contribution is -2.31. The van der Waals surface area contributed by atoms with Gasteiger partial charge in [-0.3, -0.25) is 0 Å². The zero-order valence-corrected chi connectivity index (χ0v) is 22.4. The Bertz CT molecular complexity index is 1830. The van der Waals surface area contributed by atoms with E-state index in [1.807, 2.05) is 0 Å². The molecule has 0 radical (unpaired) electrons. The molecule has 182 valence electrons. The quantitative estimate of drug-likeness (QED) is 0.221. The molecule has 0 bridgehead atoms. The fourth-order valence-corrected chi connectivity index (χ4v) is 6.78. The minimum atomic E-state index is 0.344. The van der Waals surface area contributed by atoms with Crippen molar-refractivity contribution < 1.29 is 4.57 Å². The topological polar surface area (TPSA) is 8.81 Å². The molecule has 0 spiro atoms. The van der Waals surface area contributed by atoms with Gasteiger partial charge in [0.25, 0.3) is 0 Å². The van der Waals surface area contributed by atoms with E-state index in [1.165, 1.54) is 72.6 Å². The van der Waals surface area contributed by atoms with Crippen molar-refractivity contribution in [2.24, 2.45) is 12.5 Å². The molecule has 0 fully saturated rings. The van der Waals surface area contributed by atoms with E-state index in [0.717, 1.165) is 6.42 Å². The molecule has 2 nitrogen and oxygen atoms in total. The van der Waals surface area contributed by atoms with Gasteiger partial charge in [-0.2, -0.15) is 0 Å². The summed E-state index contributed by atoms with van der Waals surface area (Å²) in [6, 6.07) is 29.2. The fraction of sp³-hybridized carbons (Fsp3) is 0.229. The van der Waals surface area contributed by atoms with Gasteiger partial charge in [0.2, 0.25) is 5.69 Å². The monoisotopic (exact) mass is 481 g/mol. The minimum absolute atomic E-state index is 0.344. The highest BCUT2D eigenvalue weighted by Crippen LogP contribution is 2.42. The zero-order chi connectivity index (χ0) is 25.5. The maximum absolute atomic E-state index is 2.49. The van der Waals surface area contributed by atoms with E-state index in [0.29, 0.717) is 5.41 Å². The van der Waals surface area contributed by atoms with Gasteiger partial charge in [0.15, 0.2) is 6.20 Å². The van der Waals surface area contributed by atoms with E-state index in [-0.39, 0.29) is 0 Å². The van der Waals surface area contributed by atoms with Crippen molar-refractivity contribution in [3.8, 4) is 16.9 Å². The van der Waals surface area contributed by atoms with Gasteiger partial charge in [0.1, 0.15) is 7.05 Å². The molecule has 6 aromatic rings. The summed E-state index contributed by atoms with van der Waals surface area (Å²) in [6.07, 6.45) is 4.56. The summed E-state index contributed by atoms with van der Waals surface area (Å²) >= 11 is 0. The van der Waals surface area contributed by atoms with Crippen LogP contribution in [0, 0.1) is 19.3 Å². The molecule has 0 atom stereocenters. The Hall–Kier alpha value is -3.91. The average Bonchev–Trinajstić information content (AvgIpc) is 3.40. The molecule has 0 aliphatic heterocycles. The molecular weight excluding hydrogens is 448 g/mol. The van der Waals surface area contributed by atoms with E-state index >= 15 is 0 Å². The van der Waals surface area contributed by atoms with Crippen LogP contribution in [0.5, 0.6) is 0 Å². The molecular formula is C35H33N2+. The number of nitrogens with zero attached hydrogens (tertiary/aromatic N) is 2. The van der Waals surface area contributed by atoms with Gasteiger partial charge >= 0.3 is 0 Å². The molecule has 0 unspecified atom stereocenters. The summed E-state index contributed by atoms with van der Waals surface area (Å²) in [5.74, 6) is 0. The highest BCUT2D eigenvalue weighted by Gasteiger charge is 2.32. The predicted molar refractivity (Wildman–Crippen MR) is 156 cm³/mol. The van der Waals surface area contributed by atoms with Crippen LogP contribution in [0.1, 0.15) is 36.1 Å². The number of hydrogen-bond acceptors (Lipinski definition) is 0. The zero-order valence-electron chi connectivity index (χ0n) is 22.4. The highest BCUT2D eigenvalue weighted by atomic mass is 15.0. The average molecular weight is 482 g/mol. The Kier molecular flexibility index (Phi) is 4.70. The summed E-state index contributed by atoms with van der Waals surface area (Å²) in [4.78, 5) is 0. The van der Waals surface area contributed by atoms with Crippen LogP contribution < -0.4 is 4.57 Å². The van der Waals surface area contributed by atoms with Crippen LogP contribution in [0.3, 0.4) is 0 Å². The maximum Gasteiger partial charge on any atom is 0.220 e. The number of rotatable bonds is 2. The standard InChI is InChI=1S/C35H33N2/c1-22-23(2)31-21-35(3,4)20-25(31)19-30(22)34-27-15-14-26(18-24(27)16-17-36(34)5)37-32-12-8-6-10-28(32)29-11-7-9-13-33(29)37/h6-19H,20-21H2,1-5H3/q+1. The Morgan fingerprint density at radius 1 is 0.730 bits per heavy atom. The molecule has 0 saturated heterocycles. The Morgan fingerprint density at radius 3 is 2.11 bits per heavy atom. The number of fused-ring (bicyclic) bond motifs is 5. The third-order valence-corrected chi connectivity index (χ3v) is 8.66. The van der Waals surface area contributed by atoms with Crippen molar-refractivity contribution in [3.05, 3.63) is 107 Å². The summed E-state index contributed by atoms with van der Waals surface area (Å²) < 4.78 is 4.71. The van der Waals surface area contributed by atoms with E-state index < -0.39 is 0 Å². The third kappa shape index (κ3) is 3.28. The number of para-hydroxylation sites is 2. The second-order valence-corrected chi connectivity index (χ2v) is 11.7.